The summed E-state index contributed by atoms with van der Waals surface area (Å²) in [6.45, 7) is 2.27. The molecule has 0 unspecified atom stereocenters. The van der Waals surface area contributed by atoms with E-state index in [9.17, 15) is 8.78 Å². The van der Waals surface area contributed by atoms with Crippen LogP contribution in [-0.4, -0.2) is 9.78 Å². The van der Waals surface area contributed by atoms with Gasteiger partial charge in [-0.3, -0.25) is 4.68 Å². The maximum Gasteiger partial charge on any atom is 0.127 e. The fourth-order valence-corrected chi connectivity index (χ4v) is 1.70. The molecule has 18 heavy (non-hydrogen) atoms. The molecule has 0 aliphatic heterocycles. The minimum absolute atomic E-state index is 0. The summed E-state index contributed by atoms with van der Waals surface area (Å²) < 4.78 is 27.6. The number of hydrogen-bond donors (Lipinski definition) is 1. The number of benzene rings is 1. The lowest BCUT2D eigenvalue weighted by Crippen LogP contribution is -2.06. The first-order valence-electron chi connectivity index (χ1n) is 5.23. The first-order valence-corrected chi connectivity index (χ1v) is 5.23. The van der Waals surface area contributed by atoms with Crippen molar-refractivity contribution in [3.63, 3.8) is 0 Å². The molecule has 6 heteroatoms. The van der Waals surface area contributed by atoms with Crippen LogP contribution in [0.1, 0.15) is 11.1 Å². The Kier molecular flexibility index (Phi) is 4.67. The largest absolute Gasteiger partial charge is 0.366 e. The molecule has 0 saturated carbocycles. The number of aryl methyl sites for hydroxylation is 2. The average molecular weight is 274 g/mol. The predicted molar refractivity (Wildman–Crippen MR) is 68.9 cm³/mol. The van der Waals surface area contributed by atoms with Crippen molar-refractivity contribution in [2.24, 2.45) is 7.05 Å². The summed E-state index contributed by atoms with van der Waals surface area (Å²) in [5, 5.41) is 7.17. The molecule has 0 amide bonds. The second kappa shape index (κ2) is 5.82. The van der Waals surface area contributed by atoms with Crippen molar-refractivity contribution in [3.05, 3.63) is 47.2 Å². The number of anilines is 1. The van der Waals surface area contributed by atoms with Crippen LogP contribution >= 0.6 is 12.4 Å². The summed E-state index contributed by atoms with van der Waals surface area (Å²) in [5.74, 6) is -0.290. The van der Waals surface area contributed by atoms with Gasteiger partial charge >= 0.3 is 0 Å². The standard InChI is InChI=1S/C12H13F2N3.ClH/c1-8-6-16-17(2)12(8)15-7-9-3-10(13)5-11(14)4-9;/h3-6,15H,7H2,1-2H3;1H. The van der Waals surface area contributed by atoms with E-state index in [0.717, 1.165) is 17.4 Å². The molecular weight excluding hydrogens is 260 g/mol. The minimum Gasteiger partial charge on any atom is -0.366 e. The topological polar surface area (TPSA) is 29.9 Å². The lowest BCUT2D eigenvalue weighted by Gasteiger charge is -2.08. The number of halogens is 3. The lowest BCUT2D eigenvalue weighted by atomic mass is 10.2. The molecule has 0 radical (unpaired) electrons. The third-order valence-electron chi connectivity index (χ3n) is 2.50. The van der Waals surface area contributed by atoms with Crippen molar-refractivity contribution < 1.29 is 8.78 Å². The predicted octanol–water partition coefficient (Wildman–Crippen LogP) is 3.04. The quantitative estimate of drug-likeness (QED) is 0.932. The van der Waals surface area contributed by atoms with Crippen LogP contribution in [0.25, 0.3) is 0 Å². The highest BCUT2D eigenvalue weighted by Crippen LogP contribution is 2.14. The SMILES string of the molecule is Cc1cnn(C)c1NCc1cc(F)cc(F)c1.Cl. The molecular formula is C12H14ClF2N3. The summed E-state index contributed by atoms with van der Waals surface area (Å²) in [6, 6.07) is 3.47. The molecule has 2 rings (SSSR count). The molecule has 0 aliphatic carbocycles. The number of nitrogens with one attached hydrogen (secondary N) is 1. The van der Waals surface area contributed by atoms with Gasteiger partial charge in [0.2, 0.25) is 0 Å². The van der Waals surface area contributed by atoms with E-state index in [1.54, 1.807) is 10.9 Å². The molecule has 1 N–H and O–H groups in total. The Labute approximate surface area is 110 Å². The Morgan fingerprint density at radius 3 is 2.33 bits per heavy atom. The zero-order chi connectivity index (χ0) is 12.4. The monoisotopic (exact) mass is 273 g/mol. The summed E-state index contributed by atoms with van der Waals surface area (Å²) in [6.07, 6.45) is 1.73. The number of rotatable bonds is 3. The van der Waals surface area contributed by atoms with Gasteiger partial charge in [-0.2, -0.15) is 5.10 Å². The van der Waals surface area contributed by atoms with E-state index in [0.29, 0.717) is 12.1 Å². The maximum atomic E-state index is 13.0. The summed E-state index contributed by atoms with van der Waals surface area (Å²) in [4.78, 5) is 0. The van der Waals surface area contributed by atoms with E-state index in [-0.39, 0.29) is 12.4 Å². The van der Waals surface area contributed by atoms with E-state index < -0.39 is 11.6 Å². The highest BCUT2D eigenvalue weighted by atomic mass is 35.5. The van der Waals surface area contributed by atoms with Crippen molar-refractivity contribution in [1.82, 2.24) is 9.78 Å². The van der Waals surface area contributed by atoms with Gasteiger partial charge in [0.15, 0.2) is 0 Å². The first-order chi connectivity index (χ1) is 8.06. The molecule has 2 aromatic rings. The molecule has 0 fully saturated rings. The molecule has 3 nitrogen and oxygen atoms in total. The third kappa shape index (κ3) is 3.20. The first kappa shape index (κ1) is 14.4. The van der Waals surface area contributed by atoms with Crippen molar-refractivity contribution in [3.8, 4) is 0 Å². The molecule has 1 aromatic heterocycles. The second-order valence-corrected chi connectivity index (χ2v) is 3.93. The Hall–Kier alpha value is -1.62. The zero-order valence-corrected chi connectivity index (χ0v) is 10.9. The van der Waals surface area contributed by atoms with Crippen LogP contribution in [0.4, 0.5) is 14.6 Å². The zero-order valence-electron chi connectivity index (χ0n) is 10.1. The van der Waals surface area contributed by atoms with E-state index in [4.69, 9.17) is 0 Å². The van der Waals surface area contributed by atoms with Crippen LogP contribution in [0.5, 0.6) is 0 Å². The van der Waals surface area contributed by atoms with Gasteiger partial charge in [-0.05, 0) is 24.6 Å². The van der Waals surface area contributed by atoms with E-state index >= 15 is 0 Å². The maximum absolute atomic E-state index is 13.0. The normalized spacial score (nSPS) is 10.0. The smallest absolute Gasteiger partial charge is 0.127 e. The Bertz CT molecular complexity index is 500. The van der Waals surface area contributed by atoms with Crippen molar-refractivity contribution in [1.29, 1.82) is 0 Å². The van der Waals surface area contributed by atoms with Gasteiger partial charge in [0.05, 0.1) is 6.20 Å². The number of nitrogens with zero attached hydrogens (tertiary/aromatic N) is 2. The van der Waals surface area contributed by atoms with Crippen LogP contribution < -0.4 is 5.32 Å². The van der Waals surface area contributed by atoms with Gasteiger partial charge in [0.1, 0.15) is 17.5 Å². The Morgan fingerprint density at radius 1 is 1.22 bits per heavy atom. The summed E-state index contributed by atoms with van der Waals surface area (Å²) in [7, 11) is 1.81. The number of hydrogen-bond acceptors (Lipinski definition) is 2. The molecule has 0 atom stereocenters. The van der Waals surface area contributed by atoms with Gasteiger partial charge in [0.25, 0.3) is 0 Å². The molecule has 0 saturated heterocycles. The van der Waals surface area contributed by atoms with E-state index in [2.05, 4.69) is 10.4 Å². The summed E-state index contributed by atoms with van der Waals surface area (Å²) in [5.41, 5.74) is 1.55. The lowest BCUT2D eigenvalue weighted by molar-refractivity contribution is 0.580. The van der Waals surface area contributed by atoms with Gasteiger partial charge in [-0.15, -0.1) is 12.4 Å². The Balaban J connectivity index is 0.00000162. The Morgan fingerprint density at radius 2 is 1.83 bits per heavy atom. The fourth-order valence-electron chi connectivity index (χ4n) is 1.70. The third-order valence-corrected chi connectivity index (χ3v) is 2.50. The molecule has 0 spiro atoms. The van der Waals surface area contributed by atoms with Crippen LogP contribution in [0.15, 0.2) is 24.4 Å². The minimum atomic E-state index is -0.566. The molecule has 0 aliphatic rings. The molecule has 1 aromatic carbocycles. The number of aromatic nitrogens is 2. The van der Waals surface area contributed by atoms with Crippen molar-refractivity contribution in [2.75, 3.05) is 5.32 Å². The van der Waals surface area contributed by atoms with E-state index in [1.165, 1.54) is 12.1 Å². The molecule has 98 valence electrons. The van der Waals surface area contributed by atoms with Gasteiger partial charge in [-0.25, -0.2) is 8.78 Å². The van der Waals surface area contributed by atoms with Crippen LogP contribution in [-0.2, 0) is 13.6 Å². The van der Waals surface area contributed by atoms with Crippen molar-refractivity contribution >= 4 is 18.2 Å². The van der Waals surface area contributed by atoms with Crippen LogP contribution in [0, 0.1) is 18.6 Å². The van der Waals surface area contributed by atoms with Crippen LogP contribution in [0.2, 0.25) is 0 Å². The van der Waals surface area contributed by atoms with Gasteiger partial charge in [0, 0.05) is 25.2 Å². The molecule has 0 bridgehead atoms. The average Bonchev–Trinajstić information content (AvgIpc) is 2.55. The van der Waals surface area contributed by atoms with Gasteiger partial charge < -0.3 is 5.32 Å². The van der Waals surface area contributed by atoms with Gasteiger partial charge in [-0.1, -0.05) is 0 Å². The molecule has 1 heterocycles. The van der Waals surface area contributed by atoms with E-state index in [1.807, 2.05) is 14.0 Å². The highest BCUT2D eigenvalue weighted by Gasteiger charge is 2.05. The highest BCUT2D eigenvalue weighted by molar-refractivity contribution is 5.85. The van der Waals surface area contributed by atoms with Crippen LogP contribution in [0.3, 0.4) is 0 Å². The van der Waals surface area contributed by atoms with Crippen molar-refractivity contribution in [2.45, 2.75) is 13.5 Å². The fraction of sp³-hybridized carbons (Fsp3) is 0.250. The second-order valence-electron chi connectivity index (χ2n) is 3.93. The summed E-state index contributed by atoms with van der Waals surface area (Å²) >= 11 is 0.